The zero-order chi connectivity index (χ0) is 12.5. The predicted octanol–water partition coefficient (Wildman–Crippen LogP) is 3.29. The van der Waals surface area contributed by atoms with Gasteiger partial charge >= 0.3 is 0 Å². The van der Waals surface area contributed by atoms with Gasteiger partial charge in [-0.3, -0.25) is 4.98 Å². The third-order valence-corrected chi connectivity index (χ3v) is 4.66. The van der Waals surface area contributed by atoms with Crippen LogP contribution in [0.3, 0.4) is 0 Å². The second-order valence-corrected chi connectivity index (χ2v) is 10.1. The van der Waals surface area contributed by atoms with Crippen LogP contribution in [0.25, 0.3) is 11.3 Å². The molecule has 0 unspecified atom stereocenters. The topological polar surface area (TPSA) is 12.9 Å². The number of hydrogen-bond acceptors (Lipinski definition) is 1. The predicted molar refractivity (Wildman–Crippen MR) is 72.7 cm³/mol. The summed E-state index contributed by atoms with van der Waals surface area (Å²) in [4.78, 5) is 4.51. The van der Waals surface area contributed by atoms with E-state index < -0.39 is 8.07 Å². The van der Waals surface area contributed by atoms with Crippen molar-refractivity contribution in [1.29, 1.82) is 0 Å². The van der Waals surface area contributed by atoms with Crippen LogP contribution in [0, 0.1) is 0 Å². The molecule has 0 spiro atoms. The van der Waals surface area contributed by atoms with Gasteiger partial charge < -0.3 is 0 Å². The second kappa shape index (κ2) is 4.22. The molecule has 2 heteroatoms. The average molecular weight is 228 g/mol. The van der Waals surface area contributed by atoms with Gasteiger partial charge in [0, 0.05) is 11.8 Å². The molecule has 82 valence electrons. The first kappa shape index (κ1) is 9.79. The first-order valence-electron chi connectivity index (χ1n) is 6.00. The van der Waals surface area contributed by atoms with E-state index in [1.807, 2.05) is 24.4 Å². The van der Waals surface area contributed by atoms with E-state index in [2.05, 4.69) is 36.8 Å². The quantitative estimate of drug-likeness (QED) is 0.719. The van der Waals surface area contributed by atoms with Crippen molar-refractivity contribution in [2.24, 2.45) is 0 Å². The van der Waals surface area contributed by atoms with E-state index in [-0.39, 0.29) is 0 Å². The number of nitrogens with zero attached hydrogens (tertiary/aromatic N) is 1. The van der Waals surface area contributed by atoms with Crippen molar-refractivity contribution in [1.82, 2.24) is 4.98 Å². The zero-order valence-corrected chi connectivity index (χ0v) is 11.0. The van der Waals surface area contributed by atoms with E-state index >= 15 is 0 Å². The minimum absolute atomic E-state index is 0.526. The average Bonchev–Trinajstić information content (AvgIpc) is 2.28. The molecule has 1 aromatic heterocycles. The third kappa shape index (κ3) is 2.39. The molecule has 0 fully saturated rings. The van der Waals surface area contributed by atoms with Crippen molar-refractivity contribution in [3.05, 3.63) is 48.6 Å². The summed E-state index contributed by atoms with van der Waals surface area (Å²) in [5, 5.41) is 1.36. The van der Waals surface area contributed by atoms with Gasteiger partial charge in [0.1, 0.15) is 0 Å². The van der Waals surface area contributed by atoms with E-state index in [0.717, 1.165) is 11.3 Å². The molecule has 0 atom stereocenters. The number of pyridine rings is 1. The molecule has 0 saturated carbocycles. The molecular weight excluding hydrogens is 210 g/mol. The summed E-state index contributed by atoms with van der Waals surface area (Å²) in [6.07, 6.45) is 1.98. The molecule has 0 saturated heterocycles. The molecule has 2 aromatic rings. The Hall–Kier alpha value is -1.41. The Kier molecular flexibility index (Phi) is 2.58. The Labute approximate surface area is 99.6 Å². The normalized spacial score (nSPS) is 12.3. The standard InChI is InChI=1S/C14H17NSi/c1-16(2,3)13-9-10-14(15-11-13)12-7-5-4-6-8-12/h4-11H,1-3H3/i5D. The summed E-state index contributed by atoms with van der Waals surface area (Å²) in [6, 6.07) is 12.3. The highest BCUT2D eigenvalue weighted by atomic mass is 28.3. The molecular formula is C14H17NSi. The first-order valence-corrected chi connectivity index (χ1v) is 9.00. The maximum Gasteiger partial charge on any atom is 0.0796 e. The second-order valence-electron chi connectivity index (χ2n) is 4.97. The Morgan fingerprint density at radius 3 is 2.44 bits per heavy atom. The van der Waals surface area contributed by atoms with E-state index in [0.29, 0.717) is 6.04 Å². The summed E-state index contributed by atoms with van der Waals surface area (Å²) in [7, 11) is -1.27. The summed E-state index contributed by atoms with van der Waals surface area (Å²) < 4.78 is 7.61. The van der Waals surface area contributed by atoms with Gasteiger partial charge in [0.2, 0.25) is 0 Å². The van der Waals surface area contributed by atoms with E-state index in [1.165, 1.54) is 5.19 Å². The van der Waals surface area contributed by atoms with Crippen LogP contribution in [0.5, 0.6) is 0 Å². The summed E-state index contributed by atoms with van der Waals surface area (Å²) in [5.74, 6) is 0. The van der Waals surface area contributed by atoms with E-state index in [4.69, 9.17) is 1.37 Å². The fourth-order valence-corrected chi connectivity index (χ4v) is 2.60. The van der Waals surface area contributed by atoms with E-state index in [1.54, 1.807) is 6.07 Å². The maximum atomic E-state index is 7.61. The summed E-state index contributed by atoms with van der Waals surface area (Å²) in [6.45, 7) is 6.94. The lowest BCUT2D eigenvalue weighted by atomic mass is 10.1. The molecule has 0 amide bonds. The molecule has 0 aliphatic heterocycles. The first-order chi connectivity index (χ1) is 7.97. The lowest BCUT2D eigenvalue weighted by Gasteiger charge is -2.16. The Balaban J connectivity index is 2.36. The van der Waals surface area contributed by atoms with Crippen molar-refractivity contribution in [3.63, 3.8) is 0 Å². The number of aromatic nitrogens is 1. The highest BCUT2D eigenvalue weighted by molar-refractivity contribution is 6.88. The molecule has 1 heterocycles. The molecule has 1 aromatic carbocycles. The SMILES string of the molecule is [2H]c1cccc(-c2ccc([Si](C)(C)C)cn2)c1. The Morgan fingerprint density at radius 1 is 1.06 bits per heavy atom. The van der Waals surface area contributed by atoms with Crippen LogP contribution in [0.1, 0.15) is 1.37 Å². The Morgan fingerprint density at radius 2 is 1.88 bits per heavy atom. The summed E-state index contributed by atoms with van der Waals surface area (Å²) in [5.41, 5.74) is 1.96. The molecule has 2 rings (SSSR count). The van der Waals surface area contributed by atoms with Crippen LogP contribution >= 0.6 is 0 Å². The summed E-state index contributed by atoms with van der Waals surface area (Å²) >= 11 is 0. The third-order valence-electron chi connectivity index (χ3n) is 2.63. The van der Waals surface area contributed by atoms with Gasteiger partial charge in [0.15, 0.2) is 0 Å². The Bertz CT molecular complexity index is 514. The minimum atomic E-state index is -1.27. The van der Waals surface area contributed by atoms with Crippen LogP contribution in [0.2, 0.25) is 19.6 Å². The largest absolute Gasteiger partial charge is 0.256 e. The molecule has 0 radical (unpaired) electrons. The highest BCUT2D eigenvalue weighted by Crippen LogP contribution is 2.15. The zero-order valence-electron chi connectivity index (χ0n) is 11.0. The fraction of sp³-hybridized carbons (Fsp3) is 0.214. The van der Waals surface area contributed by atoms with Gasteiger partial charge in [0.25, 0.3) is 0 Å². The van der Waals surface area contributed by atoms with Crippen LogP contribution < -0.4 is 5.19 Å². The number of rotatable bonds is 2. The van der Waals surface area contributed by atoms with Crippen LogP contribution in [0.15, 0.2) is 48.6 Å². The minimum Gasteiger partial charge on any atom is -0.256 e. The van der Waals surface area contributed by atoms with Crippen LogP contribution in [0.4, 0.5) is 0 Å². The number of hydrogen-bond donors (Lipinski definition) is 0. The van der Waals surface area contributed by atoms with E-state index in [9.17, 15) is 0 Å². The molecule has 0 aliphatic rings. The molecule has 1 nitrogen and oxygen atoms in total. The lowest BCUT2D eigenvalue weighted by molar-refractivity contribution is 1.34. The van der Waals surface area contributed by atoms with Crippen molar-refractivity contribution in [3.8, 4) is 11.3 Å². The van der Waals surface area contributed by atoms with Crippen molar-refractivity contribution >= 4 is 13.3 Å². The van der Waals surface area contributed by atoms with Gasteiger partial charge in [-0.25, -0.2) is 0 Å². The smallest absolute Gasteiger partial charge is 0.0796 e. The van der Waals surface area contributed by atoms with Gasteiger partial charge in [-0.2, -0.15) is 0 Å². The molecule has 0 bridgehead atoms. The lowest BCUT2D eigenvalue weighted by Crippen LogP contribution is -2.37. The maximum absolute atomic E-state index is 7.61. The van der Waals surface area contributed by atoms with Crippen LogP contribution in [-0.2, 0) is 0 Å². The van der Waals surface area contributed by atoms with Crippen molar-refractivity contribution in [2.75, 3.05) is 0 Å². The molecule has 0 aliphatic carbocycles. The monoisotopic (exact) mass is 228 g/mol. The fourth-order valence-electron chi connectivity index (χ4n) is 1.56. The molecule has 0 N–H and O–H groups in total. The highest BCUT2D eigenvalue weighted by Gasteiger charge is 2.16. The van der Waals surface area contributed by atoms with Gasteiger partial charge in [-0.15, -0.1) is 0 Å². The van der Waals surface area contributed by atoms with Crippen LogP contribution in [-0.4, -0.2) is 13.1 Å². The van der Waals surface area contributed by atoms with Gasteiger partial charge in [-0.05, 0) is 11.3 Å². The van der Waals surface area contributed by atoms with Crippen molar-refractivity contribution < 1.29 is 1.37 Å². The van der Waals surface area contributed by atoms with Gasteiger partial charge in [0.05, 0.1) is 15.1 Å². The van der Waals surface area contributed by atoms with Crippen molar-refractivity contribution in [2.45, 2.75) is 19.6 Å². The number of benzene rings is 1. The van der Waals surface area contributed by atoms with Gasteiger partial charge in [-0.1, -0.05) is 56.0 Å². The molecule has 16 heavy (non-hydrogen) atoms.